The highest BCUT2D eigenvalue weighted by Crippen LogP contribution is 2.41. The van der Waals surface area contributed by atoms with Crippen molar-refractivity contribution >= 4 is 5.97 Å². The fourth-order valence-corrected chi connectivity index (χ4v) is 1.75. The van der Waals surface area contributed by atoms with E-state index in [4.69, 9.17) is 5.26 Å². The van der Waals surface area contributed by atoms with Gasteiger partial charge in [0.1, 0.15) is 11.6 Å². The lowest BCUT2D eigenvalue weighted by atomic mass is 9.99. The number of carbonyl (C=O) groups excluding carboxylic acids is 1. The number of hydrogen-bond acceptors (Lipinski definition) is 4. The first-order valence-electron chi connectivity index (χ1n) is 5.94. The van der Waals surface area contributed by atoms with E-state index in [0.29, 0.717) is 0 Å². The Balaban J connectivity index is 3.45. The maximum Gasteiger partial charge on any atom is 0.420 e. The minimum Gasteiger partial charge on any atom is -0.466 e. The standard InChI is InChI=1S/C13H10F5NO3/c1-2-21-9(20)5-7-3-4-8(6-19)11(22-12(14)15)10(7)13(16,17)18/h3-4,12H,2,5H2,1H3. The molecule has 0 radical (unpaired) electrons. The maximum absolute atomic E-state index is 13.1. The molecule has 0 heterocycles. The van der Waals surface area contributed by atoms with Gasteiger partial charge in [-0.15, -0.1) is 0 Å². The molecule has 0 fully saturated rings. The Hall–Kier alpha value is -2.37. The molecule has 4 nitrogen and oxygen atoms in total. The zero-order valence-electron chi connectivity index (χ0n) is 11.2. The maximum atomic E-state index is 13.1. The summed E-state index contributed by atoms with van der Waals surface area (Å²) in [6.45, 7) is -2.13. The zero-order chi connectivity index (χ0) is 16.9. The van der Waals surface area contributed by atoms with Crippen molar-refractivity contribution in [3.05, 3.63) is 28.8 Å². The summed E-state index contributed by atoms with van der Waals surface area (Å²) in [6, 6.07) is 3.08. The van der Waals surface area contributed by atoms with Crippen molar-refractivity contribution in [1.29, 1.82) is 5.26 Å². The SMILES string of the molecule is CCOC(=O)Cc1ccc(C#N)c(OC(F)F)c1C(F)(F)F. The lowest BCUT2D eigenvalue weighted by molar-refractivity contribution is -0.144. The molecule has 0 N–H and O–H groups in total. The van der Waals surface area contributed by atoms with Crippen LogP contribution in [0.4, 0.5) is 22.0 Å². The Bertz CT molecular complexity index is 593. The first-order chi connectivity index (χ1) is 10.2. The average molecular weight is 323 g/mol. The third-order valence-electron chi connectivity index (χ3n) is 2.49. The Labute approximate surface area is 122 Å². The van der Waals surface area contributed by atoms with Gasteiger partial charge < -0.3 is 9.47 Å². The number of ether oxygens (including phenoxy) is 2. The highest BCUT2D eigenvalue weighted by Gasteiger charge is 2.39. The highest BCUT2D eigenvalue weighted by molar-refractivity contribution is 5.74. The van der Waals surface area contributed by atoms with Gasteiger partial charge in [-0.1, -0.05) is 6.07 Å². The third-order valence-corrected chi connectivity index (χ3v) is 2.49. The minimum atomic E-state index is -5.08. The lowest BCUT2D eigenvalue weighted by Crippen LogP contribution is -2.18. The van der Waals surface area contributed by atoms with Crippen molar-refractivity contribution in [1.82, 2.24) is 0 Å². The van der Waals surface area contributed by atoms with Crippen LogP contribution in [0.3, 0.4) is 0 Å². The van der Waals surface area contributed by atoms with Crippen molar-refractivity contribution in [3.63, 3.8) is 0 Å². The van der Waals surface area contributed by atoms with E-state index in [0.717, 1.165) is 12.1 Å². The van der Waals surface area contributed by atoms with Crippen molar-refractivity contribution in [3.8, 4) is 11.8 Å². The van der Waals surface area contributed by atoms with Crippen LogP contribution < -0.4 is 4.74 Å². The Kier molecular flexibility index (Phi) is 5.68. The van der Waals surface area contributed by atoms with Gasteiger partial charge in [-0.2, -0.15) is 27.2 Å². The number of halogens is 5. The molecular weight excluding hydrogens is 313 g/mol. The van der Waals surface area contributed by atoms with Gasteiger partial charge in [-0.25, -0.2) is 0 Å². The van der Waals surface area contributed by atoms with Crippen LogP contribution in [0.25, 0.3) is 0 Å². The summed E-state index contributed by atoms with van der Waals surface area (Å²) >= 11 is 0. The Morgan fingerprint density at radius 1 is 1.36 bits per heavy atom. The van der Waals surface area contributed by atoms with E-state index >= 15 is 0 Å². The van der Waals surface area contributed by atoms with E-state index in [-0.39, 0.29) is 6.61 Å². The summed E-state index contributed by atoms with van der Waals surface area (Å²) in [7, 11) is 0. The van der Waals surface area contributed by atoms with Gasteiger partial charge in [0, 0.05) is 0 Å². The van der Waals surface area contributed by atoms with Crippen LogP contribution in [-0.2, 0) is 22.1 Å². The number of benzene rings is 1. The molecule has 0 atom stereocenters. The molecule has 0 amide bonds. The first kappa shape index (κ1) is 17.7. The van der Waals surface area contributed by atoms with Crippen molar-refractivity contribution in [2.75, 3.05) is 6.61 Å². The number of carbonyl (C=O) groups is 1. The first-order valence-corrected chi connectivity index (χ1v) is 5.94. The lowest BCUT2D eigenvalue weighted by Gasteiger charge is -2.18. The Morgan fingerprint density at radius 2 is 2.00 bits per heavy atom. The molecule has 0 aliphatic carbocycles. The molecule has 0 saturated carbocycles. The molecule has 120 valence electrons. The smallest absolute Gasteiger partial charge is 0.420 e. The van der Waals surface area contributed by atoms with Crippen LogP contribution >= 0.6 is 0 Å². The van der Waals surface area contributed by atoms with E-state index in [9.17, 15) is 26.7 Å². The number of hydrogen-bond donors (Lipinski definition) is 0. The molecule has 0 aliphatic heterocycles. The quantitative estimate of drug-likeness (QED) is 0.616. The van der Waals surface area contributed by atoms with Crippen molar-refractivity contribution < 1.29 is 36.2 Å². The van der Waals surface area contributed by atoms with Crippen LogP contribution in [0.5, 0.6) is 5.75 Å². The molecule has 0 aromatic heterocycles. The van der Waals surface area contributed by atoms with Crippen LogP contribution in [-0.4, -0.2) is 19.2 Å². The van der Waals surface area contributed by atoms with Gasteiger partial charge in [0.2, 0.25) is 0 Å². The molecule has 1 rings (SSSR count). The minimum absolute atomic E-state index is 0.0448. The predicted octanol–water partition coefficient (Wildman–Crippen LogP) is 3.28. The summed E-state index contributed by atoms with van der Waals surface area (Å²) in [6.07, 6.45) is -5.87. The van der Waals surface area contributed by atoms with Crippen molar-refractivity contribution in [2.45, 2.75) is 26.1 Å². The summed E-state index contributed by atoms with van der Waals surface area (Å²) in [5, 5.41) is 8.74. The second-order valence-electron chi connectivity index (χ2n) is 3.95. The molecule has 0 aliphatic rings. The molecule has 9 heteroatoms. The number of nitrogens with zero attached hydrogens (tertiary/aromatic N) is 1. The van der Waals surface area contributed by atoms with Gasteiger partial charge in [-0.3, -0.25) is 4.79 Å². The van der Waals surface area contributed by atoms with Crippen molar-refractivity contribution in [2.24, 2.45) is 0 Å². The number of alkyl halides is 5. The molecule has 22 heavy (non-hydrogen) atoms. The average Bonchev–Trinajstić information content (AvgIpc) is 2.37. The third kappa shape index (κ3) is 4.31. The van der Waals surface area contributed by atoms with E-state index in [1.807, 2.05) is 0 Å². The number of nitriles is 1. The van der Waals surface area contributed by atoms with Crippen LogP contribution in [0.15, 0.2) is 12.1 Å². The molecule has 1 aromatic carbocycles. The molecule has 0 saturated heterocycles. The van der Waals surface area contributed by atoms with E-state index < -0.39 is 47.6 Å². The Morgan fingerprint density at radius 3 is 2.45 bits per heavy atom. The molecule has 0 bridgehead atoms. The van der Waals surface area contributed by atoms with E-state index in [1.54, 1.807) is 0 Å². The van der Waals surface area contributed by atoms with Gasteiger partial charge in [0.25, 0.3) is 0 Å². The van der Waals surface area contributed by atoms with Gasteiger partial charge in [0.05, 0.1) is 18.6 Å². The fraction of sp³-hybridized carbons (Fsp3) is 0.385. The number of esters is 1. The van der Waals surface area contributed by atoms with E-state index in [2.05, 4.69) is 9.47 Å². The number of rotatable bonds is 5. The summed E-state index contributed by atoms with van der Waals surface area (Å²) < 4.78 is 72.4. The normalized spacial score (nSPS) is 11.2. The monoisotopic (exact) mass is 323 g/mol. The largest absolute Gasteiger partial charge is 0.466 e. The van der Waals surface area contributed by atoms with E-state index in [1.165, 1.54) is 13.0 Å². The molecule has 1 aromatic rings. The topological polar surface area (TPSA) is 59.3 Å². The fourth-order valence-electron chi connectivity index (χ4n) is 1.75. The predicted molar refractivity (Wildman–Crippen MR) is 63.1 cm³/mol. The highest BCUT2D eigenvalue weighted by atomic mass is 19.4. The zero-order valence-corrected chi connectivity index (χ0v) is 11.2. The summed E-state index contributed by atoms with van der Waals surface area (Å²) in [4.78, 5) is 11.3. The molecule has 0 unspecified atom stereocenters. The molecular formula is C13H10F5NO3. The molecule has 0 spiro atoms. The van der Waals surface area contributed by atoms with Gasteiger partial charge in [0.15, 0.2) is 5.75 Å². The van der Waals surface area contributed by atoms with Gasteiger partial charge >= 0.3 is 18.8 Å². The van der Waals surface area contributed by atoms with Crippen LogP contribution in [0.1, 0.15) is 23.6 Å². The van der Waals surface area contributed by atoms with Gasteiger partial charge in [-0.05, 0) is 18.6 Å². The van der Waals surface area contributed by atoms with Crippen LogP contribution in [0, 0.1) is 11.3 Å². The summed E-state index contributed by atoms with van der Waals surface area (Å²) in [5.74, 6) is -2.26. The van der Waals surface area contributed by atoms with Crippen LogP contribution in [0.2, 0.25) is 0 Å². The second kappa shape index (κ2) is 7.06. The summed E-state index contributed by atoms with van der Waals surface area (Å²) in [5.41, 5.74) is -2.90. The second-order valence-corrected chi connectivity index (χ2v) is 3.95.